The van der Waals surface area contributed by atoms with Crippen LogP contribution >= 0.6 is 0 Å². The first-order valence-electron chi connectivity index (χ1n) is 10.00. The van der Waals surface area contributed by atoms with Gasteiger partial charge in [-0.3, -0.25) is 4.90 Å². The second kappa shape index (κ2) is 7.99. The molecule has 2 aliphatic rings. The molecule has 1 aromatic heterocycles. The smallest absolute Gasteiger partial charge is 0.409 e. The molecule has 0 bridgehead atoms. The van der Waals surface area contributed by atoms with Gasteiger partial charge in [0.2, 0.25) is 0 Å². The van der Waals surface area contributed by atoms with E-state index < -0.39 is 0 Å². The van der Waals surface area contributed by atoms with Crippen LogP contribution in [0.1, 0.15) is 51.0 Å². The molecule has 3 heterocycles. The maximum atomic E-state index is 12.2. The summed E-state index contributed by atoms with van der Waals surface area (Å²) in [5, 5.41) is 0. The van der Waals surface area contributed by atoms with Gasteiger partial charge in [0.1, 0.15) is 5.82 Å². The number of amides is 1. The van der Waals surface area contributed by atoms with Gasteiger partial charge in [0.25, 0.3) is 0 Å². The molecule has 0 unspecified atom stereocenters. The molecule has 1 amide bonds. The molecule has 0 saturated carbocycles. The van der Waals surface area contributed by atoms with Crippen molar-refractivity contribution in [3.05, 3.63) is 17.7 Å². The third-order valence-corrected chi connectivity index (χ3v) is 6.24. The van der Waals surface area contributed by atoms with Crippen LogP contribution in [0.2, 0.25) is 0 Å². The highest BCUT2D eigenvalue weighted by molar-refractivity contribution is 5.67. The minimum Gasteiger partial charge on any atom is -0.449 e. The quantitative estimate of drug-likeness (QED) is 0.825. The van der Waals surface area contributed by atoms with Crippen molar-refractivity contribution in [2.24, 2.45) is 18.4 Å². The van der Waals surface area contributed by atoms with Crippen molar-refractivity contribution in [1.82, 2.24) is 19.4 Å². The van der Waals surface area contributed by atoms with Crippen molar-refractivity contribution in [2.45, 2.75) is 53.0 Å². The first kappa shape index (κ1) is 19.2. The van der Waals surface area contributed by atoms with E-state index in [9.17, 15) is 4.79 Å². The van der Waals surface area contributed by atoms with Crippen molar-refractivity contribution in [3.63, 3.8) is 0 Å². The summed E-state index contributed by atoms with van der Waals surface area (Å²) >= 11 is 0. The number of imidazole rings is 1. The largest absolute Gasteiger partial charge is 0.449 e. The Morgan fingerprint density at radius 3 is 2.35 bits per heavy atom. The molecule has 0 aromatic carbocycles. The molecule has 26 heavy (non-hydrogen) atoms. The van der Waals surface area contributed by atoms with Crippen LogP contribution in [0.15, 0.2) is 6.20 Å². The van der Waals surface area contributed by atoms with Gasteiger partial charge in [-0.1, -0.05) is 13.8 Å². The SMILES string of the molecule is Cc1ncc(CN2CCC3(CC2)CCN(C(=O)OCC(C)C)CC3)n1C. The lowest BCUT2D eigenvalue weighted by atomic mass is 9.71. The molecule has 3 rings (SSSR count). The van der Waals surface area contributed by atoms with Crippen molar-refractivity contribution in [1.29, 1.82) is 0 Å². The molecule has 2 fully saturated rings. The summed E-state index contributed by atoms with van der Waals surface area (Å²) in [5.41, 5.74) is 1.72. The maximum Gasteiger partial charge on any atom is 0.409 e. The Bertz CT molecular complexity index is 607. The van der Waals surface area contributed by atoms with Gasteiger partial charge in [-0.05, 0) is 57.0 Å². The molecule has 2 saturated heterocycles. The number of nitrogens with zero attached hydrogens (tertiary/aromatic N) is 4. The molecule has 2 aliphatic heterocycles. The highest BCUT2D eigenvalue weighted by Gasteiger charge is 2.38. The Kier molecular flexibility index (Phi) is 5.90. The fourth-order valence-electron chi connectivity index (χ4n) is 4.10. The van der Waals surface area contributed by atoms with Gasteiger partial charge in [-0.25, -0.2) is 9.78 Å². The zero-order valence-electron chi connectivity index (χ0n) is 16.8. The van der Waals surface area contributed by atoms with Crippen LogP contribution in [0.4, 0.5) is 4.79 Å². The Morgan fingerprint density at radius 2 is 1.81 bits per heavy atom. The first-order chi connectivity index (χ1) is 12.4. The number of aryl methyl sites for hydroxylation is 1. The highest BCUT2D eigenvalue weighted by atomic mass is 16.6. The van der Waals surface area contributed by atoms with E-state index in [-0.39, 0.29) is 6.09 Å². The third kappa shape index (κ3) is 4.40. The summed E-state index contributed by atoms with van der Waals surface area (Å²) in [6, 6.07) is 0. The minimum absolute atomic E-state index is 0.127. The Labute approximate surface area is 157 Å². The summed E-state index contributed by atoms with van der Waals surface area (Å²) in [7, 11) is 2.09. The van der Waals surface area contributed by atoms with E-state index in [2.05, 4.69) is 42.3 Å². The number of hydrogen-bond donors (Lipinski definition) is 0. The van der Waals surface area contributed by atoms with Crippen LogP contribution in [-0.2, 0) is 18.3 Å². The molecule has 0 atom stereocenters. The minimum atomic E-state index is -0.127. The Balaban J connectivity index is 1.45. The van der Waals surface area contributed by atoms with Crippen molar-refractivity contribution in [3.8, 4) is 0 Å². The van der Waals surface area contributed by atoms with Crippen LogP contribution in [0, 0.1) is 18.3 Å². The predicted octanol–water partition coefficient (Wildman–Crippen LogP) is 3.20. The zero-order valence-corrected chi connectivity index (χ0v) is 16.8. The van der Waals surface area contributed by atoms with E-state index in [4.69, 9.17) is 4.74 Å². The number of carbonyl (C=O) groups excluding carboxylic acids is 1. The molecule has 0 aliphatic carbocycles. The Morgan fingerprint density at radius 1 is 1.19 bits per heavy atom. The van der Waals surface area contributed by atoms with Crippen LogP contribution < -0.4 is 0 Å². The molecular weight excluding hydrogens is 328 g/mol. The van der Waals surface area contributed by atoms with Crippen LogP contribution in [0.5, 0.6) is 0 Å². The fraction of sp³-hybridized carbons (Fsp3) is 0.800. The lowest BCUT2D eigenvalue weighted by Crippen LogP contribution is -2.48. The molecule has 0 N–H and O–H groups in total. The standard InChI is InChI=1S/C20H34N4O2/c1-16(2)15-26-19(25)24-11-7-20(8-12-24)5-9-23(10-6-20)14-18-13-21-17(3)22(18)4/h13,16H,5-12,14-15H2,1-4H3. The lowest BCUT2D eigenvalue weighted by Gasteiger charge is -2.46. The summed E-state index contributed by atoms with van der Waals surface area (Å²) < 4.78 is 7.57. The molecule has 1 spiro atoms. The molecule has 6 nitrogen and oxygen atoms in total. The number of likely N-dealkylation sites (tertiary alicyclic amines) is 2. The molecule has 1 aromatic rings. The average Bonchev–Trinajstić information content (AvgIpc) is 2.94. The summed E-state index contributed by atoms with van der Waals surface area (Å²) in [6.07, 6.45) is 6.57. The fourth-order valence-corrected chi connectivity index (χ4v) is 4.10. The number of piperidine rings is 2. The maximum absolute atomic E-state index is 12.2. The normalized spacial score (nSPS) is 20.7. The monoisotopic (exact) mass is 362 g/mol. The van der Waals surface area contributed by atoms with Crippen LogP contribution in [0.25, 0.3) is 0 Å². The first-order valence-corrected chi connectivity index (χ1v) is 10.00. The van der Waals surface area contributed by atoms with Gasteiger partial charge in [-0.15, -0.1) is 0 Å². The van der Waals surface area contributed by atoms with E-state index >= 15 is 0 Å². The van der Waals surface area contributed by atoms with Crippen molar-refractivity contribution < 1.29 is 9.53 Å². The lowest BCUT2D eigenvalue weighted by molar-refractivity contribution is 0.0233. The average molecular weight is 363 g/mol. The van der Waals surface area contributed by atoms with E-state index in [1.165, 1.54) is 18.5 Å². The van der Waals surface area contributed by atoms with Gasteiger partial charge < -0.3 is 14.2 Å². The van der Waals surface area contributed by atoms with Gasteiger partial charge in [0.05, 0.1) is 12.3 Å². The number of hydrogen-bond acceptors (Lipinski definition) is 4. The van der Waals surface area contributed by atoms with Gasteiger partial charge in [0, 0.05) is 32.9 Å². The summed E-state index contributed by atoms with van der Waals surface area (Å²) in [5.74, 6) is 1.47. The number of carbonyl (C=O) groups is 1. The topological polar surface area (TPSA) is 50.6 Å². The van der Waals surface area contributed by atoms with E-state index in [1.54, 1.807) is 0 Å². The molecular formula is C20H34N4O2. The molecule has 0 radical (unpaired) electrons. The van der Waals surface area contributed by atoms with Crippen molar-refractivity contribution >= 4 is 6.09 Å². The number of rotatable bonds is 4. The third-order valence-electron chi connectivity index (χ3n) is 6.24. The highest BCUT2D eigenvalue weighted by Crippen LogP contribution is 2.41. The zero-order chi connectivity index (χ0) is 18.7. The van der Waals surface area contributed by atoms with Gasteiger partial charge in [0.15, 0.2) is 0 Å². The van der Waals surface area contributed by atoms with E-state index in [0.717, 1.165) is 51.4 Å². The van der Waals surface area contributed by atoms with Crippen LogP contribution in [-0.4, -0.2) is 58.2 Å². The van der Waals surface area contributed by atoms with Crippen molar-refractivity contribution in [2.75, 3.05) is 32.8 Å². The molecule has 146 valence electrons. The van der Waals surface area contributed by atoms with E-state index in [1.807, 2.05) is 11.1 Å². The summed E-state index contributed by atoms with van der Waals surface area (Å²) in [6.45, 7) is 11.7. The second-order valence-corrected chi connectivity index (χ2v) is 8.59. The van der Waals surface area contributed by atoms with Gasteiger partial charge >= 0.3 is 6.09 Å². The number of aromatic nitrogens is 2. The Hall–Kier alpha value is -1.56. The van der Waals surface area contributed by atoms with Crippen LogP contribution in [0.3, 0.4) is 0 Å². The number of ether oxygens (including phenoxy) is 1. The molecule has 6 heteroatoms. The van der Waals surface area contributed by atoms with Gasteiger partial charge in [-0.2, -0.15) is 0 Å². The predicted molar refractivity (Wildman–Crippen MR) is 102 cm³/mol. The van der Waals surface area contributed by atoms with E-state index in [0.29, 0.717) is 17.9 Å². The second-order valence-electron chi connectivity index (χ2n) is 8.59. The summed E-state index contributed by atoms with van der Waals surface area (Å²) in [4.78, 5) is 21.0.